The van der Waals surface area contributed by atoms with Crippen LogP contribution in [0, 0.1) is 0 Å². The van der Waals surface area contributed by atoms with Crippen LogP contribution in [0.3, 0.4) is 0 Å². The van der Waals surface area contributed by atoms with Crippen LogP contribution in [0.25, 0.3) is 10.9 Å². The van der Waals surface area contributed by atoms with Crippen molar-refractivity contribution in [3.63, 3.8) is 0 Å². The van der Waals surface area contributed by atoms with E-state index in [9.17, 15) is 4.79 Å². The smallest absolute Gasteiger partial charge is 0.254 e. The quantitative estimate of drug-likeness (QED) is 0.632. The van der Waals surface area contributed by atoms with E-state index in [1.165, 1.54) is 0 Å². The fourth-order valence-electron chi connectivity index (χ4n) is 2.96. The van der Waals surface area contributed by atoms with Crippen LogP contribution in [0.4, 0.5) is 0 Å². The van der Waals surface area contributed by atoms with Crippen molar-refractivity contribution in [2.75, 3.05) is 19.8 Å². The molecule has 0 aliphatic carbocycles. The predicted octanol–water partition coefficient (Wildman–Crippen LogP) is 3.33. The standard InChI is InChI=1S/C21H24N2O3/c1-2-25-13-12-23-20-15-19(26-18-6-4-3-5-7-18)9-8-16(20)14-17(10-11-22)21(23)24/h3-9,14-15H,2,10-13,22H2,1H3. The van der Waals surface area contributed by atoms with E-state index in [2.05, 4.69) is 0 Å². The minimum absolute atomic E-state index is 0.0143. The van der Waals surface area contributed by atoms with Gasteiger partial charge in [-0.15, -0.1) is 0 Å². The molecule has 0 aliphatic rings. The zero-order valence-corrected chi connectivity index (χ0v) is 15.0. The van der Waals surface area contributed by atoms with Crippen molar-refractivity contribution < 1.29 is 9.47 Å². The highest BCUT2D eigenvalue weighted by Crippen LogP contribution is 2.25. The van der Waals surface area contributed by atoms with Crippen molar-refractivity contribution in [2.24, 2.45) is 5.73 Å². The third-order valence-electron chi connectivity index (χ3n) is 4.20. The molecule has 0 amide bonds. The molecule has 1 heterocycles. The minimum atomic E-state index is -0.0143. The number of pyridine rings is 1. The van der Waals surface area contributed by atoms with Crippen LogP contribution in [0.1, 0.15) is 12.5 Å². The molecule has 0 saturated carbocycles. The summed E-state index contributed by atoms with van der Waals surface area (Å²) < 4.78 is 13.1. The lowest BCUT2D eigenvalue weighted by molar-refractivity contribution is 0.139. The van der Waals surface area contributed by atoms with Crippen LogP contribution in [0.15, 0.2) is 59.4 Å². The molecule has 3 aromatic rings. The number of hydrogen-bond acceptors (Lipinski definition) is 4. The molecular formula is C21H24N2O3. The van der Waals surface area contributed by atoms with E-state index in [1.54, 1.807) is 4.57 Å². The van der Waals surface area contributed by atoms with Crippen LogP contribution < -0.4 is 16.0 Å². The van der Waals surface area contributed by atoms with Crippen LogP contribution in [0.2, 0.25) is 0 Å². The largest absolute Gasteiger partial charge is 0.457 e. The zero-order chi connectivity index (χ0) is 18.4. The summed E-state index contributed by atoms with van der Waals surface area (Å²) in [4.78, 5) is 12.8. The maximum absolute atomic E-state index is 12.8. The lowest BCUT2D eigenvalue weighted by atomic mass is 10.1. The fraction of sp³-hybridized carbons (Fsp3) is 0.286. The van der Waals surface area contributed by atoms with Gasteiger partial charge in [0.1, 0.15) is 11.5 Å². The first kappa shape index (κ1) is 18.2. The Balaban J connectivity index is 2.03. The van der Waals surface area contributed by atoms with Gasteiger partial charge in [-0.1, -0.05) is 18.2 Å². The molecule has 136 valence electrons. The highest BCUT2D eigenvalue weighted by molar-refractivity contribution is 5.81. The maximum Gasteiger partial charge on any atom is 0.254 e. The maximum atomic E-state index is 12.8. The second-order valence-corrected chi connectivity index (χ2v) is 6.00. The van der Waals surface area contributed by atoms with Crippen molar-refractivity contribution >= 4 is 10.9 Å². The Morgan fingerprint density at radius 3 is 2.58 bits per heavy atom. The van der Waals surface area contributed by atoms with Crippen LogP contribution in [-0.2, 0) is 17.7 Å². The molecule has 0 bridgehead atoms. The Labute approximate surface area is 153 Å². The van der Waals surface area contributed by atoms with Crippen LogP contribution in [-0.4, -0.2) is 24.3 Å². The molecule has 26 heavy (non-hydrogen) atoms. The SMILES string of the molecule is CCOCCn1c(=O)c(CCN)cc2ccc(Oc3ccccc3)cc21. The summed E-state index contributed by atoms with van der Waals surface area (Å²) >= 11 is 0. The highest BCUT2D eigenvalue weighted by Gasteiger charge is 2.10. The monoisotopic (exact) mass is 352 g/mol. The Morgan fingerprint density at radius 1 is 1.04 bits per heavy atom. The van der Waals surface area contributed by atoms with E-state index < -0.39 is 0 Å². The molecule has 0 spiro atoms. The number of hydrogen-bond donors (Lipinski definition) is 1. The predicted molar refractivity (Wildman–Crippen MR) is 104 cm³/mol. The molecular weight excluding hydrogens is 328 g/mol. The van der Waals surface area contributed by atoms with E-state index in [0.717, 1.165) is 22.2 Å². The van der Waals surface area contributed by atoms with Gasteiger partial charge in [0.25, 0.3) is 5.56 Å². The van der Waals surface area contributed by atoms with Gasteiger partial charge in [-0.05, 0) is 55.6 Å². The third-order valence-corrected chi connectivity index (χ3v) is 4.20. The normalized spacial score (nSPS) is 11.0. The Morgan fingerprint density at radius 2 is 1.85 bits per heavy atom. The molecule has 0 fully saturated rings. The summed E-state index contributed by atoms with van der Waals surface area (Å²) in [5, 5.41) is 0.991. The minimum Gasteiger partial charge on any atom is -0.457 e. The molecule has 5 heteroatoms. The molecule has 0 saturated heterocycles. The summed E-state index contributed by atoms with van der Waals surface area (Å²) in [5.74, 6) is 1.45. The van der Waals surface area contributed by atoms with Gasteiger partial charge in [0.15, 0.2) is 0 Å². The number of benzene rings is 2. The summed E-state index contributed by atoms with van der Waals surface area (Å²) in [6.45, 7) is 3.99. The van der Waals surface area contributed by atoms with Gasteiger partial charge in [0.05, 0.1) is 12.1 Å². The topological polar surface area (TPSA) is 66.5 Å². The van der Waals surface area contributed by atoms with Crippen molar-refractivity contribution in [2.45, 2.75) is 19.9 Å². The number of fused-ring (bicyclic) bond motifs is 1. The van der Waals surface area contributed by atoms with Crippen molar-refractivity contribution in [3.05, 3.63) is 70.5 Å². The van der Waals surface area contributed by atoms with Crippen molar-refractivity contribution in [1.29, 1.82) is 0 Å². The average molecular weight is 352 g/mol. The number of aromatic nitrogens is 1. The second-order valence-electron chi connectivity index (χ2n) is 6.00. The molecule has 5 nitrogen and oxygen atoms in total. The summed E-state index contributed by atoms with van der Waals surface area (Å²) in [6.07, 6.45) is 0.561. The first-order valence-corrected chi connectivity index (χ1v) is 8.90. The molecule has 0 atom stereocenters. The van der Waals surface area contributed by atoms with E-state index in [0.29, 0.717) is 38.5 Å². The van der Waals surface area contributed by atoms with Crippen molar-refractivity contribution in [1.82, 2.24) is 4.57 Å². The highest BCUT2D eigenvalue weighted by atomic mass is 16.5. The average Bonchev–Trinajstić information content (AvgIpc) is 2.66. The molecule has 2 N–H and O–H groups in total. The first-order chi connectivity index (χ1) is 12.7. The molecule has 0 radical (unpaired) electrons. The van der Waals surface area contributed by atoms with Gasteiger partial charge in [-0.25, -0.2) is 0 Å². The third kappa shape index (κ3) is 4.12. The molecule has 1 aromatic heterocycles. The first-order valence-electron chi connectivity index (χ1n) is 8.90. The lowest BCUT2D eigenvalue weighted by Crippen LogP contribution is -2.27. The van der Waals surface area contributed by atoms with Gasteiger partial charge < -0.3 is 19.8 Å². The van der Waals surface area contributed by atoms with Gasteiger partial charge >= 0.3 is 0 Å². The van der Waals surface area contributed by atoms with Gasteiger partial charge in [0, 0.05) is 24.8 Å². The molecule has 2 aromatic carbocycles. The van der Waals surface area contributed by atoms with E-state index in [-0.39, 0.29) is 5.56 Å². The Kier molecular flexibility index (Phi) is 6.04. The molecule has 3 rings (SSSR count). The van der Waals surface area contributed by atoms with E-state index in [4.69, 9.17) is 15.2 Å². The summed E-state index contributed by atoms with van der Waals surface area (Å²) in [5.41, 5.74) is 7.21. The van der Waals surface area contributed by atoms with E-state index in [1.807, 2.05) is 61.5 Å². The summed E-state index contributed by atoms with van der Waals surface area (Å²) in [6, 6.07) is 17.3. The second kappa shape index (κ2) is 8.65. The van der Waals surface area contributed by atoms with Crippen LogP contribution in [0.5, 0.6) is 11.5 Å². The fourth-order valence-corrected chi connectivity index (χ4v) is 2.96. The van der Waals surface area contributed by atoms with E-state index >= 15 is 0 Å². The lowest BCUT2D eigenvalue weighted by Gasteiger charge is -2.14. The van der Waals surface area contributed by atoms with Crippen LogP contribution >= 0.6 is 0 Å². The molecule has 0 unspecified atom stereocenters. The number of ether oxygens (including phenoxy) is 2. The Bertz CT molecular complexity index is 920. The van der Waals surface area contributed by atoms with Crippen molar-refractivity contribution in [3.8, 4) is 11.5 Å². The number of rotatable bonds is 8. The Hall–Kier alpha value is -2.63. The zero-order valence-electron chi connectivity index (χ0n) is 15.0. The van der Waals surface area contributed by atoms with Gasteiger partial charge in [-0.3, -0.25) is 4.79 Å². The van der Waals surface area contributed by atoms with Gasteiger partial charge in [0.2, 0.25) is 0 Å². The number of para-hydroxylation sites is 1. The molecule has 0 aliphatic heterocycles. The summed E-state index contributed by atoms with van der Waals surface area (Å²) in [7, 11) is 0. The number of nitrogens with two attached hydrogens (primary N) is 1. The van der Waals surface area contributed by atoms with Gasteiger partial charge in [-0.2, -0.15) is 0 Å². The number of nitrogens with zero attached hydrogens (tertiary/aromatic N) is 1.